The van der Waals surface area contributed by atoms with Gasteiger partial charge in [0, 0.05) is 47.8 Å². The van der Waals surface area contributed by atoms with Crippen LogP contribution in [0.25, 0.3) is 11.1 Å². The Morgan fingerprint density at radius 3 is 2.49 bits per heavy atom. The first kappa shape index (κ1) is 29.9. The topological polar surface area (TPSA) is 109 Å². The number of hydrogen-bond acceptors (Lipinski definition) is 7. The predicted molar refractivity (Wildman–Crippen MR) is 144 cm³/mol. The summed E-state index contributed by atoms with van der Waals surface area (Å²) in [7, 11) is 2.26. The Morgan fingerprint density at radius 1 is 1.13 bits per heavy atom. The summed E-state index contributed by atoms with van der Waals surface area (Å²) in [6, 6.07) is 9.42. The lowest BCUT2D eigenvalue weighted by Crippen LogP contribution is -2.46. The number of methoxy groups -OCH3 is 1. The molecular formula is C28H31F2N3O5S. The summed E-state index contributed by atoms with van der Waals surface area (Å²) in [5.41, 5.74) is 0.583. The molecule has 2 unspecified atom stereocenters. The average molecular weight is 560 g/mol. The maximum absolute atomic E-state index is 14.8. The van der Waals surface area contributed by atoms with Gasteiger partial charge in [0.2, 0.25) is 5.91 Å². The fraction of sp³-hybridized carbons (Fsp3) is 0.357. The number of hydrogen-bond donors (Lipinski definition) is 2. The summed E-state index contributed by atoms with van der Waals surface area (Å²) in [6.07, 6.45) is 2.06. The number of esters is 1. The van der Waals surface area contributed by atoms with Gasteiger partial charge < -0.3 is 20.1 Å². The monoisotopic (exact) mass is 559 g/mol. The molecule has 39 heavy (non-hydrogen) atoms. The Morgan fingerprint density at radius 2 is 1.82 bits per heavy atom. The normalized spacial score (nSPS) is 18.0. The standard InChI is InChI=1S/C25H21F2N3O4S.C2H6.CH4O/c1-34-24(33)20-11-15(23-28-8-9-35-23)13-30(20)21(31)12-29-22(32)14-6-7-19-17(10-14)16-4-2-3-5-18(16)25(19,26)27;2*1-2/h2-10,15,20H,11-13H2,1H3,(H,29,32);1-2H3;2H,1H3. The molecule has 2 heterocycles. The first-order chi connectivity index (χ1) is 18.8. The van der Waals surface area contributed by atoms with Gasteiger partial charge in [0.25, 0.3) is 11.8 Å². The van der Waals surface area contributed by atoms with E-state index >= 15 is 0 Å². The molecule has 2 amide bonds. The third-order valence-corrected chi connectivity index (χ3v) is 7.41. The number of aliphatic hydroxyl groups is 1. The van der Waals surface area contributed by atoms with E-state index in [0.717, 1.165) is 12.1 Å². The number of rotatable bonds is 5. The predicted octanol–water partition coefficient (Wildman–Crippen LogP) is 4.19. The van der Waals surface area contributed by atoms with Crippen LogP contribution in [-0.2, 0) is 20.2 Å². The van der Waals surface area contributed by atoms with Crippen LogP contribution in [0.4, 0.5) is 8.78 Å². The molecule has 1 aliphatic heterocycles. The molecule has 2 aliphatic rings. The summed E-state index contributed by atoms with van der Waals surface area (Å²) in [4.78, 5) is 43.7. The number of halogens is 2. The number of carbonyl (C=O) groups is 3. The van der Waals surface area contributed by atoms with Gasteiger partial charge in [-0.3, -0.25) is 9.59 Å². The minimum atomic E-state index is -3.14. The van der Waals surface area contributed by atoms with Crippen LogP contribution in [-0.4, -0.2) is 66.1 Å². The zero-order chi connectivity index (χ0) is 28.7. The van der Waals surface area contributed by atoms with Crippen molar-refractivity contribution in [2.24, 2.45) is 0 Å². The summed E-state index contributed by atoms with van der Waals surface area (Å²) in [6.45, 7) is 3.94. The van der Waals surface area contributed by atoms with Crippen LogP contribution in [0.1, 0.15) is 52.7 Å². The van der Waals surface area contributed by atoms with Gasteiger partial charge in [-0.05, 0) is 29.7 Å². The maximum Gasteiger partial charge on any atom is 0.328 e. The minimum absolute atomic E-state index is 0.0968. The van der Waals surface area contributed by atoms with Crippen LogP contribution in [0.3, 0.4) is 0 Å². The second kappa shape index (κ2) is 12.9. The van der Waals surface area contributed by atoms with E-state index in [4.69, 9.17) is 9.84 Å². The molecule has 1 aromatic heterocycles. The Bertz CT molecular complexity index is 1320. The Labute approximate surface area is 229 Å². The number of ether oxygens (including phenoxy) is 1. The van der Waals surface area contributed by atoms with Gasteiger partial charge in [-0.2, -0.15) is 8.78 Å². The SMILES string of the molecule is CC.CO.COC(=O)C1CC(c2nccs2)CN1C(=O)CNC(=O)c1ccc2c(c1)-c1ccccc1C2(F)F. The lowest BCUT2D eigenvalue weighted by Gasteiger charge is -2.22. The molecule has 0 saturated carbocycles. The number of benzene rings is 2. The number of nitrogens with one attached hydrogen (secondary N) is 1. The highest BCUT2D eigenvalue weighted by molar-refractivity contribution is 7.09. The summed E-state index contributed by atoms with van der Waals surface area (Å²) in [5.74, 6) is -4.77. The Balaban J connectivity index is 0.00000100. The van der Waals surface area contributed by atoms with Crippen LogP contribution in [0, 0.1) is 0 Å². The number of aliphatic hydroxyl groups excluding tert-OH is 1. The van der Waals surface area contributed by atoms with Crippen molar-refractivity contribution < 1.29 is 33.0 Å². The third kappa shape index (κ3) is 5.84. The van der Waals surface area contributed by atoms with E-state index in [1.165, 1.54) is 47.6 Å². The van der Waals surface area contributed by atoms with E-state index in [1.807, 2.05) is 19.2 Å². The molecule has 0 spiro atoms. The van der Waals surface area contributed by atoms with Crippen LogP contribution in [0.15, 0.2) is 54.0 Å². The first-order valence-electron chi connectivity index (χ1n) is 12.4. The second-order valence-electron chi connectivity index (χ2n) is 8.45. The lowest BCUT2D eigenvalue weighted by molar-refractivity contribution is -0.150. The molecule has 3 aromatic rings. The quantitative estimate of drug-likeness (QED) is 0.454. The zero-order valence-corrected chi connectivity index (χ0v) is 22.9. The van der Waals surface area contributed by atoms with E-state index in [1.54, 1.807) is 24.4 Å². The van der Waals surface area contributed by atoms with Crippen molar-refractivity contribution in [3.05, 3.63) is 75.7 Å². The minimum Gasteiger partial charge on any atom is -0.467 e. The smallest absolute Gasteiger partial charge is 0.328 e. The summed E-state index contributed by atoms with van der Waals surface area (Å²) in [5, 5.41) is 12.2. The molecule has 8 nitrogen and oxygen atoms in total. The average Bonchev–Trinajstić information content (AvgIpc) is 3.72. The van der Waals surface area contributed by atoms with Crippen molar-refractivity contribution in [2.75, 3.05) is 27.3 Å². The zero-order valence-electron chi connectivity index (χ0n) is 22.1. The summed E-state index contributed by atoms with van der Waals surface area (Å²) < 4.78 is 34.4. The number of aromatic nitrogens is 1. The fourth-order valence-corrected chi connectivity index (χ4v) is 5.51. The number of carbonyl (C=O) groups excluding carboxylic acids is 3. The van der Waals surface area contributed by atoms with Crippen molar-refractivity contribution in [3.63, 3.8) is 0 Å². The third-order valence-electron chi connectivity index (χ3n) is 6.47. The molecule has 1 aliphatic carbocycles. The molecule has 5 rings (SSSR count). The van der Waals surface area contributed by atoms with Crippen LogP contribution >= 0.6 is 11.3 Å². The van der Waals surface area contributed by atoms with E-state index < -0.39 is 29.7 Å². The van der Waals surface area contributed by atoms with Gasteiger partial charge in [-0.25, -0.2) is 9.78 Å². The molecule has 0 radical (unpaired) electrons. The number of likely N-dealkylation sites (tertiary alicyclic amines) is 1. The van der Waals surface area contributed by atoms with E-state index in [9.17, 15) is 23.2 Å². The molecule has 0 bridgehead atoms. The molecule has 208 valence electrons. The molecule has 2 aromatic carbocycles. The van der Waals surface area contributed by atoms with Crippen molar-refractivity contribution in [3.8, 4) is 11.1 Å². The Hall–Kier alpha value is -3.70. The fourth-order valence-electron chi connectivity index (χ4n) is 4.76. The van der Waals surface area contributed by atoms with Crippen molar-refractivity contribution in [1.29, 1.82) is 0 Å². The van der Waals surface area contributed by atoms with E-state index in [0.29, 0.717) is 17.5 Å². The molecule has 2 N–H and O–H groups in total. The molecular weight excluding hydrogens is 528 g/mol. The van der Waals surface area contributed by atoms with Gasteiger partial charge in [-0.15, -0.1) is 11.3 Å². The van der Waals surface area contributed by atoms with Crippen LogP contribution in [0.5, 0.6) is 0 Å². The largest absolute Gasteiger partial charge is 0.467 e. The lowest BCUT2D eigenvalue weighted by atomic mass is 10.0. The van der Waals surface area contributed by atoms with Crippen molar-refractivity contribution in [1.82, 2.24) is 15.2 Å². The molecule has 1 fully saturated rings. The number of nitrogens with zero attached hydrogens (tertiary/aromatic N) is 2. The van der Waals surface area contributed by atoms with Gasteiger partial charge in [0.15, 0.2) is 0 Å². The van der Waals surface area contributed by atoms with Gasteiger partial charge in [0.1, 0.15) is 6.04 Å². The van der Waals surface area contributed by atoms with Crippen molar-refractivity contribution in [2.45, 2.75) is 38.2 Å². The van der Waals surface area contributed by atoms with E-state index in [2.05, 4.69) is 10.3 Å². The van der Waals surface area contributed by atoms with Gasteiger partial charge in [0.05, 0.1) is 18.7 Å². The highest BCUT2D eigenvalue weighted by Gasteiger charge is 2.44. The second-order valence-corrected chi connectivity index (χ2v) is 9.38. The van der Waals surface area contributed by atoms with E-state index in [-0.39, 0.29) is 35.7 Å². The molecule has 11 heteroatoms. The molecule has 2 atom stereocenters. The molecule has 1 saturated heterocycles. The number of alkyl halides is 2. The summed E-state index contributed by atoms with van der Waals surface area (Å²) >= 11 is 1.45. The van der Waals surface area contributed by atoms with Gasteiger partial charge in [-0.1, -0.05) is 44.2 Å². The number of amides is 2. The number of fused-ring (bicyclic) bond motifs is 3. The maximum atomic E-state index is 14.8. The van der Waals surface area contributed by atoms with Crippen LogP contribution < -0.4 is 5.32 Å². The highest BCUT2D eigenvalue weighted by atomic mass is 32.1. The van der Waals surface area contributed by atoms with Crippen molar-refractivity contribution >= 4 is 29.1 Å². The highest BCUT2D eigenvalue weighted by Crippen LogP contribution is 2.50. The number of thiazole rings is 1. The van der Waals surface area contributed by atoms with Gasteiger partial charge >= 0.3 is 5.97 Å². The van der Waals surface area contributed by atoms with Crippen LogP contribution in [0.2, 0.25) is 0 Å². The Kier molecular flexibility index (Phi) is 9.87. The first-order valence-corrected chi connectivity index (χ1v) is 13.3.